The molecule has 6 atom stereocenters. The molecular weight excluding hydrogens is 344 g/mol. The summed E-state index contributed by atoms with van der Waals surface area (Å²) in [6, 6.07) is 8.06. The topological polar surface area (TPSA) is 59.1 Å². The van der Waals surface area contributed by atoms with E-state index in [0.717, 1.165) is 17.7 Å². The van der Waals surface area contributed by atoms with Gasteiger partial charge in [-0.1, -0.05) is 25.1 Å². The number of anilines is 1. The number of piperidine rings is 1. The van der Waals surface area contributed by atoms with Gasteiger partial charge in [0.05, 0.1) is 18.6 Å². The molecule has 6 rings (SSSR count). The Morgan fingerprint density at radius 3 is 2.89 bits per heavy atom. The Bertz CT molecular complexity index is 902. The van der Waals surface area contributed by atoms with E-state index in [1.807, 2.05) is 24.1 Å². The maximum atomic E-state index is 13.2. The van der Waals surface area contributed by atoms with Crippen molar-refractivity contribution >= 4 is 17.6 Å². The van der Waals surface area contributed by atoms with Crippen LogP contribution in [0.4, 0.5) is 5.69 Å². The Labute approximate surface area is 158 Å². The van der Waals surface area contributed by atoms with Crippen LogP contribution < -0.4 is 4.90 Å². The zero-order chi connectivity index (χ0) is 18.8. The van der Waals surface area contributed by atoms with Crippen LogP contribution in [0.3, 0.4) is 0 Å². The lowest BCUT2D eigenvalue weighted by Crippen LogP contribution is -2.67. The molecule has 6 heteroatoms. The Balaban J connectivity index is 1.69. The van der Waals surface area contributed by atoms with Crippen molar-refractivity contribution in [2.75, 3.05) is 25.6 Å². The fourth-order valence-electron chi connectivity index (χ4n) is 7.52. The fraction of sp³-hybridized carbons (Fsp3) is 0.619. The molecule has 0 radical (unpaired) electrons. The van der Waals surface area contributed by atoms with E-state index in [9.17, 15) is 9.59 Å². The van der Waals surface area contributed by atoms with E-state index < -0.39 is 16.7 Å². The predicted molar refractivity (Wildman–Crippen MR) is 97.1 cm³/mol. The second kappa shape index (κ2) is 4.49. The van der Waals surface area contributed by atoms with Crippen LogP contribution in [0.2, 0.25) is 0 Å². The maximum Gasteiger partial charge on any atom is 0.340 e. The summed E-state index contributed by atoms with van der Waals surface area (Å²) in [5.74, 6) is 0.416. The first-order valence-corrected chi connectivity index (χ1v) is 9.84. The lowest BCUT2D eigenvalue weighted by molar-refractivity contribution is -0.196. The van der Waals surface area contributed by atoms with Gasteiger partial charge in [-0.2, -0.15) is 0 Å². The van der Waals surface area contributed by atoms with Crippen molar-refractivity contribution in [2.24, 2.45) is 11.8 Å². The minimum atomic E-state index is -1.02. The van der Waals surface area contributed by atoms with Crippen LogP contribution in [-0.4, -0.2) is 54.8 Å². The zero-order valence-corrected chi connectivity index (χ0v) is 15.9. The standard InChI is InChI=1S/C21H24N2O4/c1-12-8-13-9-20(18(25)26-3)17-19(14-6-4-5-7-15(14)22(17)2)10-16(24)23(11-12)21(13,19)27-20/h4-7,12-13,17H,8-11H2,1-3H3/t12-,13+,17-,19+,20-,21+/m0/s1. The fourth-order valence-corrected chi connectivity index (χ4v) is 7.52. The Morgan fingerprint density at radius 1 is 1.33 bits per heavy atom. The number of hydrogen-bond acceptors (Lipinski definition) is 5. The molecule has 1 amide bonds. The number of nitrogens with zero attached hydrogens (tertiary/aromatic N) is 2. The number of likely N-dealkylation sites (N-methyl/N-ethyl adjacent to an activating group) is 1. The first-order valence-electron chi connectivity index (χ1n) is 9.84. The smallest absolute Gasteiger partial charge is 0.340 e. The summed E-state index contributed by atoms with van der Waals surface area (Å²) >= 11 is 0. The number of methoxy groups -OCH3 is 1. The van der Waals surface area contributed by atoms with Crippen LogP contribution in [0, 0.1) is 11.8 Å². The molecule has 27 heavy (non-hydrogen) atoms. The average molecular weight is 368 g/mol. The first kappa shape index (κ1) is 15.9. The highest BCUT2D eigenvalue weighted by atomic mass is 16.6. The van der Waals surface area contributed by atoms with Gasteiger partial charge in [-0.15, -0.1) is 0 Å². The van der Waals surface area contributed by atoms with Gasteiger partial charge in [0.2, 0.25) is 5.91 Å². The molecule has 4 saturated heterocycles. The molecule has 5 heterocycles. The molecule has 5 aliphatic rings. The summed E-state index contributed by atoms with van der Waals surface area (Å²) < 4.78 is 12.1. The number of fused-ring (bicyclic) bond motifs is 3. The molecule has 0 aromatic heterocycles. The summed E-state index contributed by atoms with van der Waals surface area (Å²) in [5, 5.41) is 0. The van der Waals surface area contributed by atoms with Crippen molar-refractivity contribution in [3.8, 4) is 0 Å². The molecule has 0 unspecified atom stereocenters. The molecular formula is C21H24N2O4. The number of hydrogen-bond donors (Lipinski definition) is 0. The van der Waals surface area contributed by atoms with E-state index in [-0.39, 0.29) is 23.8 Å². The molecule has 0 aliphatic carbocycles. The van der Waals surface area contributed by atoms with Crippen LogP contribution in [0.5, 0.6) is 0 Å². The van der Waals surface area contributed by atoms with Gasteiger partial charge in [-0.25, -0.2) is 4.79 Å². The largest absolute Gasteiger partial charge is 0.467 e. The third-order valence-electron chi connectivity index (χ3n) is 7.98. The number of carbonyl (C=O) groups excluding carboxylic acids is 2. The molecule has 2 bridgehead atoms. The van der Waals surface area contributed by atoms with Gasteiger partial charge in [0.25, 0.3) is 0 Å². The minimum absolute atomic E-state index is 0.155. The van der Waals surface area contributed by atoms with Crippen molar-refractivity contribution < 1.29 is 19.1 Å². The SMILES string of the molecule is COC(=O)[C@]12C[C@H]3C[C@H](C)CN4C(=O)C[C@]5(c6ccccc6N(C)[C@H]15)[C@]34O2. The molecule has 6 nitrogen and oxygen atoms in total. The van der Waals surface area contributed by atoms with Crippen LogP contribution in [0.1, 0.15) is 31.7 Å². The van der Waals surface area contributed by atoms with E-state index in [1.165, 1.54) is 7.11 Å². The number of esters is 1. The highest BCUT2D eigenvalue weighted by Gasteiger charge is 2.89. The minimum Gasteiger partial charge on any atom is -0.467 e. The summed E-state index contributed by atoms with van der Waals surface area (Å²) in [4.78, 5) is 30.5. The number of para-hydroxylation sites is 1. The molecule has 5 aliphatic heterocycles. The average Bonchev–Trinajstić information content (AvgIpc) is 3.29. The van der Waals surface area contributed by atoms with E-state index in [4.69, 9.17) is 9.47 Å². The molecule has 142 valence electrons. The predicted octanol–water partition coefficient (Wildman–Crippen LogP) is 1.67. The van der Waals surface area contributed by atoms with Gasteiger partial charge in [-0.3, -0.25) is 4.79 Å². The molecule has 2 spiro atoms. The maximum absolute atomic E-state index is 13.2. The second-order valence-electron chi connectivity index (χ2n) is 9.10. The van der Waals surface area contributed by atoms with Crippen LogP contribution >= 0.6 is 0 Å². The number of rotatable bonds is 1. The Morgan fingerprint density at radius 2 is 2.11 bits per heavy atom. The van der Waals surface area contributed by atoms with Crippen molar-refractivity contribution in [1.82, 2.24) is 4.90 Å². The van der Waals surface area contributed by atoms with E-state index in [0.29, 0.717) is 25.3 Å². The van der Waals surface area contributed by atoms with Gasteiger partial charge in [-0.05, 0) is 30.4 Å². The summed E-state index contributed by atoms with van der Waals surface area (Å²) in [7, 11) is 3.46. The zero-order valence-electron chi connectivity index (χ0n) is 15.9. The molecule has 0 saturated carbocycles. The molecule has 1 aromatic rings. The lowest BCUT2D eigenvalue weighted by Gasteiger charge is -2.52. The van der Waals surface area contributed by atoms with Gasteiger partial charge < -0.3 is 19.3 Å². The summed E-state index contributed by atoms with van der Waals surface area (Å²) in [6.45, 7) is 2.89. The number of benzene rings is 1. The highest BCUT2D eigenvalue weighted by molar-refractivity contribution is 5.92. The molecule has 1 aromatic carbocycles. The van der Waals surface area contributed by atoms with Gasteiger partial charge in [0.15, 0.2) is 11.3 Å². The van der Waals surface area contributed by atoms with Crippen molar-refractivity contribution in [3.63, 3.8) is 0 Å². The summed E-state index contributed by atoms with van der Waals surface area (Å²) in [5.41, 5.74) is 0.00452. The van der Waals surface area contributed by atoms with Crippen LogP contribution in [-0.2, 0) is 24.5 Å². The van der Waals surface area contributed by atoms with E-state index in [1.54, 1.807) is 0 Å². The van der Waals surface area contributed by atoms with Gasteiger partial charge >= 0.3 is 5.97 Å². The number of carbonyl (C=O) groups is 2. The Hall–Kier alpha value is -2.08. The van der Waals surface area contributed by atoms with Crippen molar-refractivity contribution in [2.45, 2.75) is 49.0 Å². The van der Waals surface area contributed by atoms with Crippen LogP contribution in [0.25, 0.3) is 0 Å². The van der Waals surface area contributed by atoms with Crippen LogP contribution in [0.15, 0.2) is 24.3 Å². The molecule has 4 fully saturated rings. The van der Waals surface area contributed by atoms with E-state index >= 15 is 0 Å². The quantitative estimate of drug-likeness (QED) is 0.706. The third-order valence-corrected chi connectivity index (χ3v) is 7.98. The summed E-state index contributed by atoms with van der Waals surface area (Å²) in [6.07, 6.45) is 2.00. The van der Waals surface area contributed by atoms with Gasteiger partial charge in [0.1, 0.15) is 0 Å². The Kier molecular flexibility index (Phi) is 2.65. The highest BCUT2D eigenvalue weighted by Crippen LogP contribution is 2.75. The second-order valence-corrected chi connectivity index (χ2v) is 9.10. The lowest BCUT2D eigenvalue weighted by atomic mass is 9.55. The third kappa shape index (κ3) is 1.36. The molecule has 0 N–H and O–H groups in total. The van der Waals surface area contributed by atoms with E-state index in [2.05, 4.69) is 24.0 Å². The van der Waals surface area contributed by atoms with Crippen molar-refractivity contribution in [3.05, 3.63) is 29.8 Å². The number of ether oxygens (including phenoxy) is 2. The van der Waals surface area contributed by atoms with Crippen molar-refractivity contribution in [1.29, 1.82) is 0 Å². The first-order chi connectivity index (χ1) is 12.9. The van der Waals surface area contributed by atoms with Gasteiger partial charge in [0, 0.05) is 31.6 Å². The monoisotopic (exact) mass is 368 g/mol. The normalized spacial score (nSPS) is 45.7. The number of amides is 1.